The van der Waals surface area contributed by atoms with Crippen LogP contribution in [0.5, 0.6) is 0 Å². The van der Waals surface area contributed by atoms with Crippen LogP contribution in [-0.4, -0.2) is 5.91 Å². The summed E-state index contributed by atoms with van der Waals surface area (Å²) in [5, 5.41) is 2.44. The number of carbonyl (C=O) groups excluding carboxylic acids is 1. The molecule has 0 saturated carbocycles. The highest BCUT2D eigenvalue weighted by molar-refractivity contribution is 9.11. The van der Waals surface area contributed by atoms with Crippen molar-refractivity contribution < 1.29 is 13.6 Å². The predicted octanol–water partition coefficient (Wildman–Crippen LogP) is 4.74. The standard InChI is InChI=1S/C13H7Br2F2NO/c14-7-1-2-12(15)11(3-7)13(19)18-10-5-8(16)4-9(17)6-10/h1-6H,(H,18,19). The monoisotopic (exact) mass is 389 g/mol. The Morgan fingerprint density at radius 3 is 2.26 bits per heavy atom. The lowest BCUT2D eigenvalue weighted by Crippen LogP contribution is -2.13. The highest BCUT2D eigenvalue weighted by atomic mass is 79.9. The van der Waals surface area contributed by atoms with Gasteiger partial charge in [-0.2, -0.15) is 0 Å². The molecule has 2 nitrogen and oxygen atoms in total. The number of carbonyl (C=O) groups is 1. The predicted molar refractivity (Wildman–Crippen MR) is 76.2 cm³/mol. The summed E-state index contributed by atoms with van der Waals surface area (Å²) in [6, 6.07) is 7.91. The van der Waals surface area contributed by atoms with Crippen LogP contribution in [0, 0.1) is 11.6 Å². The van der Waals surface area contributed by atoms with Gasteiger partial charge < -0.3 is 5.32 Å². The zero-order valence-electron chi connectivity index (χ0n) is 9.38. The maximum absolute atomic E-state index is 13.0. The van der Waals surface area contributed by atoms with Crippen molar-refractivity contribution in [3.63, 3.8) is 0 Å². The second-order valence-corrected chi connectivity index (χ2v) is 5.51. The third-order valence-corrected chi connectivity index (χ3v) is 3.48. The van der Waals surface area contributed by atoms with Gasteiger partial charge in [0.25, 0.3) is 5.91 Å². The van der Waals surface area contributed by atoms with Crippen molar-refractivity contribution in [3.8, 4) is 0 Å². The molecule has 0 aliphatic heterocycles. The Morgan fingerprint density at radius 1 is 1.00 bits per heavy atom. The summed E-state index contributed by atoms with van der Waals surface area (Å²) < 4.78 is 27.3. The molecule has 2 aromatic carbocycles. The quantitative estimate of drug-likeness (QED) is 0.788. The first-order valence-electron chi connectivity index (χ1n) is 5.18. The number of halogens is 4. The molecule has 0 aromatic heterocycles. The molecule has 0 fully saturated rings. The number of nitrogens with one attached hydrogen (secondary N) is 1. The largest absolute Gasteiger partial charge is 0.322 e. The summed E-state index contributed by atoms with van der Waals surface area (Å²) in [6.45, 7) is 0. The molecule has 2 rings (SSSR count). The van der Waals surface area contributed by atoms with Gasteiger partial charge in [0.2, 0.25) is 0 Å². The van der Waals surface area contributed by atoms with E-state index in [1.165, 1.54) is 0 Å². The van der Waals surface area contributed by atoms with Crippen LogP contribution in [0.1, 0.15) is 10.4 Å². The Kier molecular flexibility index (Phi) is 4.31. The van der Waals surface area contributed by atoms with Crippen molar-refractivity contribution in [2.24, 2.45) is 0 Å². The number of benzene rings is 2. The lowest BCUT2D eigenvalue weighted by atomic mass is 10.2. The van der Waals surface area contributed by atoms with Gasteiger partial charge in [0.15, 0.2) is 0 Å². The van der Waals surface area contributed by atoms with E-state index in [-0.39, 0.29) is 5.69 Å². The van der Waals surface area contributed by atoms with E-state index in [9.17, 15) is 13.6 Å². The van der Waals surface area contributed by atoms with Crippen molar-refractivity contribution >= 4 is 43.5 Å². The fourth-order valence-corrected chi connectivity index (χ4v) is 2.28. The molecule has 0 heterocycles. The molecule has 0 spiro atoms. The van der Waals surface area contributed by atoms with E-state index < -0.39 is 17.5 Å². The smallest absolute Gasteiger partial charge is 0.256 e. The molecule has 98 valence electrons. The first-order chi connectivity index (χ1) is 8.95. The second kappa shape index (κ2) is 5.79. The van der Waals surface area contributed by atoms with Gasteiger partial charge in [-0.3, -0.25) is 4.79 Å². The number of anilines is 1. The highest BCUT2D eigenvalue weighted by Gasteiger charge is 2.12. The minimum Gasteiger partial charge on any atom is -0.322 e. The number of hydrogen-bond donors (Lipinski definition) is 1. The van der Waals surface area contributed by atoms with E-state index in [0.717, 1.165) is 22.7 Å². The number of hydrogen-bond acceptors (Lipinski definition) is 1. The zero-order chi connectivity index (χ0) is 14.0. The minimum atomic E-state index is -0.747. The molecular weight excluding hydrogens is 384 g/mol. The first kappa shape index (κ1) is 14.1. The normalized spacial score (nSPS) is 10.3. The number of rotatable bonds is 2. The van der Waals surface area contributed by atoms with Gasteiger partial charge in [-0.05, 0) is 46.3 Å². The Labute approximate surface area is 125 Å². The molecule has 1 N–H and O–H groups in total. The molecule has 6 heteroatoms. The summed E-state index contributed by atoms with van der Waals surface area (Å²) in [5.74, 6) is -1.95. The fraction of sp³-hybridized carbons (Fsp3) is 0. The minimum absolute atomic E-state index is 0.0642. The number of amides is 1. The Hall–Kier alpha value is -1.27. The van der Waals surface area contributed by atoms with Crippen LogP contribution in [0.2, 0.25) is 0 Å². The average molecular weight is 391 g/mol. The lowest BCUT2D eigenvalue weighted by molar-refractivity contribution is 0.102. The molecule has 0 aliphatic carbocycles. The molecule has 0 aliphatic rings. The molecule has 0 saturated heterocycles. The van der Waals surface area contributed by atoms with Gasteiger partial charge in [0.1, 0.15) is 11.6 Å². The van der Waals surface area contributed by atoms with Crippen LogP contribution < -0.4 is 5.32 Å². The van der Waals surface area contributed by atoms with Gasteiger partial charge in [-0.25, -0.2) is 8.78 Å². The zero-order valence-corrected chi connectivity index (χ0v) is 12.6. The summed E-state index contributed by atoms with van der Waals surface area (Å²) in [5.41, 5.74) is 0.424. The van der Waals surface area contributed by atoms with Gasteiger partial charge in [-0.1, -0.05) is 15.9 Å². The van der Waals surface area contributed by atoms with E-state index in [4.69, 9.17) is 0 Å². The molecule has 1 amide bonds. The van der Waals surface area contributed by atoms with E-state index in [0.29, 0.717) is 10.0 Å². The first-order valence-corrected chi connectivity index (χ1v) is 6.77. The van der Waals surface area contributed by atoms with E-state index in [1.807, 2.05) is 0 Å². The summed E-state index contributed by atoms with van der Waals surface area (Å²) in [4.78, 5) is 12.0. The van der Waals surface area contributed by atoms with Crippen molar-refractivity contribution in [3.05, 3.63) is 62.5 Å². The Bertz CT molecular complexity index is 626. The lowest BCUT2D eigenvalue weighted by Gasteiger charge is -2.07. The van der Waals surface area contributed by atoms with Crippen LogP contribution in [0.3, 0.4) is 0 Å². The van der Waals surface area contributed by atoms with Crippen LogP contribution in [0.4, 0.5) is 14.5 Å². The van der Waals surface area contributed by atoms with Gasteiger partial charge >= 0.3 is 0 Å². The van der Waals surface area contributed by atoms with E-state index in [1.54, 1.807) is 18.2 Å². The SMILES string of the molecule is O=C(Nc1cc(F)cc(F)c1)c1cc(Br)ccc1Br. The van der Waals surface area contributed by atoms with E-state index >= 15 is 0 Å². The summed E-state index contributed by atoms with van der Waals surface area (Å²) in [6.07, 6.45) is 0. The van der Waals surface area contributed by atoms with Gasteiger partial charge in [0.05, 0.1) is 5.56 Å². The Morgan fingerprint density at radius 2 is 1.63 bits per heavy atom. The van der Waals surface area contributed by atoms with E-state index in [2.05, 4.69) is 37.2 Å². The molecule has 2 aromatic rings. The van der Waals surface area contributed by atoms with Crippen molar-refractivity contribution in [2.45, 2.75) is 0 Å². The molecule has 0 unspecified atom stereocenters. The maximum Gasteiger partial charge on any atom is 0.256 e. The molecule has 0 radical (unpaired) electrons. The third-order valence-electron chi connectivity index (χ3n) is 2.29. The second-order valence-electron chi connectivity index (χ2n) is 3.74. The molecule has 0 atom stereocenters. The highest BCUT2D eigenvalue weighted by Crippen LogP contribution is 2.23. The topological polar surface area (TPSA) is 29.1 Å². The van der Waals surface area contributed by atoms with Crippen molar-refractivity contribution in [1.29, 1.82) is 0 Å². The summed E-state index contributed by atoms with van der Waals surface area (Å²) in [7, 11) is 0. The van der Waals surface area contributed by atoms with Crippen LogP contribution >= 0.6 is 31.9 Å². The van der Waals surface area contributed by atoms with Crippen molar-refractivity contribution in [2.75, 3.05) is 5.32 Å². The average Bonchev–Trinajstić information content (AvgIpc) is 2.30. The van der Waals surface area contributed by atoms with Gasteiger partial charge in [-0.15, -0.1) is 0 Å². The van der Waals surface area contributed by atoms with Gasteiger partial charge in [0, 0.05) is 20.7 Å². The van der Waals surface area contributed by atoms with Crippen LogP contribution in [-0.2, 0) is 0 Å². The maximum atomic E-state index is 13.0. The Balaban J connectivity index is 2.28. The molecular formula is C13H7Br2F2NO. The third kappa shape index (κ3) is 3.61. The van der Waals surface area contributed by atoms with Crippen molar-refractivity contribution in [1.82, 2.24) is 0 Å². The summed E-state index contributed by atoms with van der Waals surface area (Å²) >= 11 is 6.50. The molecule has 0 bridgehead atoms. The van der Waals surface area contributed by atoms with Crippen LogP contribution in [0.15, 0.2) is 45.3 Å². The van der Waals surface area contributed by atoms with Crippen LogP contribution in [0.25, 0.3) is 0 Å². The molecule has 19 heavy (non-hydrogen) atoms. The fourth-order valence-electron chi connectivity index (χ4n) is 1.50.